The molecule has 0 fully saturated rings. The summed E-state index contributed by atoms with van der Waals surface area (Å²) in [5, 5.41) is 0. The van der Waals surface area contributed by atoms with Gasteiger partial charge in [0, 0.05) is 4.50 Å². The van der Waals surface area contributed by atoms with Gasteiger partial charge in [-0.05, 0) is 29.8 Å². The highest BCUT2D eigenvalue weighted by Crippen LogP contribution is 2.29. The van der Waals surface area contributed by atoms with Gasteiger partial charge in [-0.1, -0.05) is 19.6 Å². The number of halogens is 1. The third-order valence-corrected chi connectivity index (χ3v) is 7.95. The van der Waals surface area contributed by atoms with Crippen molar-refractivity contribution in [2.24, 2.45) is 0 Å². The van der Waals surface area contributed by atoms with Gasteiger partial charge in [0.1, 0.15) is 5.52 Å². The summed E-state index contributed by atoms with van der Waals surface area (Å²) in [5.74, 6) is 0. The van der Waals surface area contributed by atoms with Crippen molar-refractivity contribution in [2.75, 3.05) is 0 Å². The smallest absolute Gasteiger partial charge is 0.114 e. The maximum Gasteiger partial charge on any atom is 0.114 e. The minimum atomic E-state index is -1.33. The van der Waals surface area contributed by atoms with E-state index >= 15 is 0 Å². The second-order valence-corrected chi connectivity index (χ2v) is 12.7. The maximum atomic E-state index is 4.72. The van der Waals surface area contributed by atoms with Crippen molar-refractivity contribution in [3.05, 3.63) is 15.2 Å². The molecule has 0 N–H and O–H groups in total. The Balaban J connectivity index is 2.84. The zero-order chi connectivity index (χ0) is 12.1. The van der Waals surface area contributed by atoms with Gasteiger partial charge in [-0.2, -0.15) is 0 Å². The van der Waals surface area contributed by atoms with Crippen LogP contribution in [-0.4, -0.2) is 18.0 Å². The predicted octanol–water partition coefficient (Wildman–Crippen LogP) is 3.62. The van der Waals surface area contributed by atoms with Crippen molar-refractivity contribution < 1.29 is 0 Å². The molecular weight excluding hydrogens is 300 g/mol. The monoisotopic (exact) mass is 314 g/mol. The molecule has 0 unspecified atom stereocenters. The Morgan fingerprint density at radius 3 is 2.00 bits per heavy atom. The molecule has 2 aromatic heterocycles. The number of aromatic nitrogens is 2. The van der Waals surface area contributed by atoms with Crippen molar-refractivity contribution >= 4 is 50.9 Å². The van der Waals surface area contributed by atoms with Crippen LogP contribution in [0.4, 0.5) is 0 Å². The summed E-state index contributed by atoms with van der Waals surface area (Å²) in [4.78, 5) is 9.35. The van der Waals surface area contributed by atoms with E-state index in [4.69, 9.17) is 4.98 Å². The van der Waals surface area contributed by atoms with E-state index in [1.54, 1.807) is 11.3 Å². The fraction of sp³-hybridized carbons (Fsp3) is 0.455. The van der Waals surface area contributed by atoms with Gasteiger partial charge in [-0.25, -0.2) is 9.97 Å². The van der Waals surface area contributed by atoms with Crippen LogP contribution < -0.4 is 4.50 Å². The van der Waals surface area contributed by atoms with Gasteiger partial charge in [0.25, 0.3) is 0 Å². The lowest BCUT2D eigenvalue weighted by Gasteiger charge is -2.13. The van der Waals surface area contributed by atoms with Gasteiger partial charge < -0.3 is 0 Å². The Hall–Kier alpha value is -0.263. The van der Waals surface area contributed by atoms with E-state index < -0.39 is 8.07 Å². The topological polar surface area (TPSA) is 25.8 Å². The normalized spacial score (nSPS) is 12.4. The molecule has 0 radical (unpaired) electrons. The minimum Gasteiger partial charge on any atom is -0.249 e. The summed E-state index contributed by atoms with van der Waals surface area (Å²) in [6.45, 7) is 11.1. The zero-order valence-corrected chi connectivity index (χ0v) is 13.6. The van der Waals surface area contributed by atoms with Crippen LogP contribution in [0.5, 0.6) is 0 Å². The molecule has 0 saturated heterocycles. The maximum absolute atomic E-state index is 4.72. The second-order valence-electron chi connectivity index (χ2n) is 5.05. The number of hydrogen-bond acceptors (Lipinski definition) is 3. The van der Waals surface area contributed by atoms with Gasteiger partial charge in [0.2, 0.25) is 0 Å². The minimum absolute atomic E-state index is 1.02. The molecule has 86 valence electrons. The molecule has 2 rings (SSSR count). The summed E-state index contributed by atoms with van der Waals surface area (Å²) < 4.78 is 2.56. The van der Waals surface area contributed by atoms with E-state index in [-0.39, 0.29) is 0 Å². The van der Waals surface area contributed by atoms with Crippen LogP contribution in [0.3, 0.4) is 0 Å². The predicted molar refractivity (Wildman–Crippen MR) is 77.6 cm³/mol. The fourth-order valence-electron chi connectivity index (χ4n) is 1.59. The zero-order valence-electron chi connectivity index (χ0n) is 10.2. The molecular formula is C11H15BrN2SSi. The number of fused-ring (bicyclic) bond motifs is 1. The van der Waals surface area contributed by atoms with Crippen molar-refractivity contribution in [3.63, 3.8) is 0 Å². The molecule has 0 aliphatic carbocycles. The second kappa shape index (κ2) is 3.89. The van der Waals surface area contributed by atoms with Crippen LogP contribution in [0, 0.1) is 13.8 Å². The first-order valence-corrected chi connectivity index (χ1v) is 10.4. The summed E-state index contributed by atoms with van der Waals surface area (Å²) >= 11 is 5.41. The molecule has 0 saturated carbocycles. The summed E-state index contributed by atoms with van der Waals surface area (Å²) in [7, 11) is -1.33. The molecule has 0 amide bonds. The highest BCUT2D eigenvalue weighted by Gasteiger charge is 2.25. The molecule has 0 aromatic carbocycles. The van der Waals surface area contributed by atoms with E-state index in [1.165, 1.54) is 4.50 Å². The first-order chi connectivity index (χ1) is 7.30. The largest absolute Gasteiger partial charge is 0.249 e. The quantitative estimate of drug-likeness (QED) is 0.751. The molecule has 16 heavy (non-hydrogen) atoms. The first kappa shape index (κ1) is 12.2. The fourth-order valence-corrected chi connectivity index (χ4v) is 5.88. The summed E-state index contributed by atoms with van der Waals surface area (Å²) in [6.07, 6.45) is 0. The van der Waals surface area contributed by atoms with Crippen LogP contribution in [0.25, 0.3) is 11.0 Å². The van der Waals surface area contributed by atoms with Crippen LogP contribution >= 0.6 is 27.3 Å². The average Bonchev–Trinajstić information content (AvgIpc) is 2.45. The van der Waals surface area contributed by atoms with Gasteiger partial charge in [-0.15, -0.1) is 11.3 Å². The van der Waals surface area contributed by atoms with Gasteiger partial charge in [0.15, 0.2) is 0 Å². The number of nitrogens with zero attached hydrogens (tertiary/aromatic N) is 2. The Bertz CT molecular complexity index is 557. The lowest BCUT2D eigenvalue weighted by molar-refractivity contribution is 1.11. The molecule has 0 bridgehead atoms. The molecule has 0 aliphatic heterocycles. The Labute approximate surface area is 109 Å². The standard InChI is InChI=1S/C11H15BrN2SSi/c1-6-7(2)14-9-8(13-6)10(12)15-11(9)16(3,4)5/h1-5H3. The third-order valence-electron chi connectivity index (χ3n) is 2.58. The molecule has 2 nitrogen and oxygen atoms in total. The molecule has 2 heterocycles. The van der Waals surface area contributed by atoms with Crippen molar-refractivity contribution in [3.8, 4) is 0 Å². The Kier molecular flexibility index (Phi) is 2.97. The average molecular weight is 315 g/mol. The van der Waals surface area contributed by atoms with E-state index in [0.717, 1.165) is 26.2 Å². The number of rotatable bonds is 1. The van der Waals surface area contributed by atoms with Crippen LogP contribution in [0.2, 0.25) is 19.6 Å². The first-order valence-electron chi connectivity index (χ1n) is 5.24. The van der Waals surface area contributed by atoms with E-state index in [9.17, 15) is 0 Å². The molecule has 0 spiro atoms. The van der Waals surface area contributed by atoms with E-state index in [2.05, 4.69) is 40.6 Å². The Morgan fingerprint density at radius 1 is 1.00 bits per heavy atom. The van der Waals surface area contributed by atoms with Gasteiger partial charge in [-0.3, -0.25) is 0 Å². The van der Waals surface area contributed by atoms with Crippen LogP contribution in [-0.2, 0) is 0 Å². The highest BCUT2D eigenvalue weighted by molar-refractivity contribution is 9.11. The molecule has 0 aliphatic rings. The van der Waals surface area contributed by atoms with Gasteiger partial charge in [0.05, 0.1) is 28.8 Å². The Morgan fingerprint density at radius 2 is 1.50 bits per heavy atom. The molecule has 5 heteroatoms. The van der Waals surface area contributed by atoms with Crippen molar-refractivity contribution in [1.82, 2.24) is 9.97 Å². The van der Waals surface area contributed by atoms with Crippen LogP contribution in [0.1, 0.15) is 11.4 Å². The van der Waals surface area contributed by atoms with Gasteiger partial charge >= 0.3 is 0 Å². The summed E-state index contributed by atoms with van der Waals surface area (Å²) in [6, 6.07) is 0. The number of aryl methyl sites for hydroxylation is 2. The van der Waals surface area contributed by atoms with E-state index in [0.29, 0.717) is 0 Å². The van der Waals surface area contributed by atoms with Crippen molar-refractivity contribution in [2.45, 2.75) is 33.5 Å². The molecule has 0 atom stereocenters. The number of hydrogen-bond donors (Lipinski definition) is 0. The summed E-state index contributed by atoms with van der Waals surface area (Å²) in [5.41, 5.74) is 4.20. The van der Waals surface area contributed by atoms with Crippen LogP contribution in [0.15, 0.2) is 3.79 Å². The number of thiophene rings is 1. The lowest BCUT2D eigenvalue weighted by Crippen LogP contribution is -2.36. The molecule has 2 aromatic rings. The highest BCUT2D eigenvalue weighted by atomic mass is 79.9. The SMILES string of the molecule is Cc1nc2c(Br)sc([Si](C)(C)C)c2nc1C. The van der Waals surface area contributed by atoms with E-state index in [1.807, 2.05) is 13.8 Å². The lowest BCUT2D eigenvalue weighted by atomic mass is 10.3. The van der Waals surface area contributed by atoms with Crippen molar-refractivity contribution in [1.29, 1.82) is 0 Å². The third kappa shape index (κ3) is 1.96.